The third kappa shape index (κ3) is 3.49. The van der Waals surface area contributed by atoms with Crippen molar-refractivity contribution in [3.63, 3.8) is 0 Å². The summed E-state index contributed by atoms with van der Waals surface area (Å²) < 4.78 is 79.7. The predicted octanol–water partition coefficient (Wildman–Crippen LogP) is 3.75. The zero-order valence-electron chi connectivity index (χ0n) is 13.5. The summed E-state index contributed by atoms with van der Waals surface area (Å²) in [6.45, 7) is 4.13. The highest BCUT2D eigenvalue weighted by Gasteiger charge is 2.76. The van der Waals surface area contributed by atoms with Gasteiger partial charge >= 0.3 is 12.4 Å². The van der Waals surface area contributed by atoms with Crippen molar-refractivity contribution in [3.8, 4) is 0 Å². The summed E-state index contributed by atoms with van der Waals surface area (Å²) in [4.78, 5) is 0. The monoisotopic (exact) mass is 346 g/mol. The lowest BCUT2D eigenvalue weighted by molar-refractivity contribution is -0.385. The highest BCUT2D eigenvalue weighted by Crippen LogP contribution is 2.56. The molecule has 1 atom stereocenters. The maximum absolute atomic E-state index is 13.3. The maximum Gasteiger partial charge on any atom is 0.426 e. The van der Waals surface area contributed by atoms with E-state index >= 15 is 0 Å². The first-order chi connectivity index (χ1) is 10.0. The number of alkyl halides is 6. The Labute approximate surface area is 130 Å². The Hall–Kier alpha value is -1.25. The number of aliphatic hydroxyl groups is 1. The van der Waals surface area contributed by atoms with Crippen LogP contribution in [0, 0.1) is 11.3 Å². The van der Waals surface area contributed by atoms with Crippen LogP contribution in [0.5, 0.6) is 0 Å². The van der Waals surface area contributed by atoms with Crippen molar-refractivity contribution >= 4 is 5.71 Å². The van der Waals surface area contributed by atoms with Gasteiger partial charge in [-0.2, -0.15) is 31.4 Å². The molecule has 23 heavy (non-hydrogen) atoms. The molecule has 0 aliphatic heterocycles. The van der Waals surface area contributed by atoms with Crippen molar-refractivity contribution < 1.29 is 31.4 Å². The molecule has 1 aliphatic carbocycles. The topological polar surface area (TPSA) is 35.8 Å². The van der Waals surface area contributed by atoms with Crippen molar-refractivity contribution in [2.45, 2.75) is 45.1 Å². The van der Waals surface area contributed by atoms with Gasteiger partial charge in [-0.05, 0) is 24.8 Å². The lowest BCUT2D eigenvalue weighted by atomic mass is 9.61. The minimum absolute atomic E-state index is 0.0153. The summed E-state index contributed by atoms with van der Waals surface area (Å²) in [6.07, 6.45) is -10.6. The number of halogens is 6. The molecule has 0 saturated carbocycles. The molecule has 9 heteroatoms. The first-order valence-electron chi connectivity index (χ1n) is 6.83. The lowest BCUT2D eigenvalue weighted by Crippen LogP contribution is -2.67. The van der Waals surface area contributed by atoms with Crippen molar-refractivity contribution in [3.05, 3.63) is 11.6 Å². The molecule has 0 fully saturated rings. The van der Waals surface area contributed by atoms with E-state index in [9.17, 15) is 31.4 Å². The summed E-state index contributed by atoms with van der Waals surface area (Å²) in [5, 5.41) is 14.7. The van der Waals surface area contributed by atoms with Gasteiger partial charge < -0.3 is 10.1 Å². The first kappa shape index (κ1) is 19.8. The van der Waals surface area contributed by atoms with Gasteiger partial charge in [-0.15, -0.1) is 0 Å². The van der Waals surface area contributed by atoms with Crippen LogP contribution in [0.1, 0.15) is 27.2 Å². The smallest absolute Gasteiger partial charge is 0.373 e. The maximum atomic E-state index is 13.3. The van der Waals surface area contributed by atoms with Crippen LogP contribution in [-0.4, -0.2) is 47.9 Å². The van der Waals surface area contributed by atoms with Crippen LogP contribution in [0.3, 0.4) is 0 Å². The fourth-order valence-electron chi connectivity index (χ4n) is 3.19. The van der Waals surface area contributed by atoms with Gasteiger partial charge in [0, 0.05) is 14.1 Å². The number of nitrogens with zero attached hydrogens (tertiary/aromatic N) is 2. The van der Waals surface area contributed by atoms with Crippen LogP contribution < -0.4 is 0 Å². The van der Waals surface area contributed by atoms with Gasteiger partial charge in [-0.25, -0.2) is 0 Å². The summed E-state index contributed by atoms with van der Waals surface area (Å²) in [6, 6.07) is 0. The highest BCUT2D eigenvalue weighted by molar-refractivity contribution is 5.99. The Kier molecular flexibility index (Phi) is 4.89. The van der Waals surface area contributed by atoms with E-state index in [-0.39, 0.29) is 6.42 Å². The summed E-state index contributed by atoms with van der Waals surface area (Å²) >= 11 is 0. The van der Waals surface area contributed by atoms with E-state index in [1.807, 2.05) is 0 Å². The van der Waals surface area contributed by atoms with Gasteiger partial charge in [0.05, 0.1) is 11.6 Å². The van der Waals surface area contributed by atoms with Gasteiger partial charge in [0.1, 0.15) is 0 Å². The molecule has 1 aliphatic rings. The lowest BCUT2D eigenvalue weighted by Gasteiger charge is -2.48. The van der Waals surface area contributed by atoms with E-state index in [1.165, 1.54) is 34.0 Å². The first-order valence-corrected chi connectivity index (χ1v) is 6.83. The SMILES string of the molecule is CC1=C/C(=N/N(C)C)C(C(O)(C(F)(F)F)C(F)(F)F)C(C)(C)C1. The normalized spacial score (nSPS) is 24.6. The number of hydrogen-bond donors (Lipinski definition) is 1. The third-order valence-electron chi connectivity index (χ3n) is 3.80. The van der Waals surface area contributed by atoms with Gasteiger partial charge in [0.15, 0.2) is 0 Å². The van der Waals surface area contributed by atoms with Crippen molar-refractivity contribution in [2.24, 2.45) is 16.4 Å². The van der Waals surface area contributed by atoms with Gasteiger partial charge in [-0.1, -0.05) is 19.4 Å². The molecule has 0 aromatic carbocycles. The van der Waals surface area contributed by atoms with Crippen molar-refractivity contribution in [2.75, 3.05) is 14.1 Å². The minimum Gasteiger partial charge on any atom is -0.373 e. The predicted molar refractivity (Wildman–Crippen MR) is 73.8 cm³/mol. The number of allylic oxidation sites excluding steroid dienone is 2. The second kappa shape index (κ2) is 5.68. The molecule has 0 radical (unpaired) electrons. The fourth-order valence-corrected chi connectivity index (χ4v) is 3.19. The van der Waals surface area contributed by atoms with Gasteiger partial charge in [-0.3, -0.25) is 0 Å². The molecule has 0 aromatic rings. The molecule has 0 bridgehead atoms. The number of rotatable bonds is 2. The molecule has 0 aromatic heterocycles. The van der Waals surface area contributed by atoms with Crippen LogP contribution in [0.2, 0.25) is 0 Å². The van der Waals surface area contributed by atoms with Crippen LogP contribution in [0.25, 0.3) is 0 Å². The summed E-state index contributed by atoms with van der Waals surface area (Å²) in [7, 11) is 2.77. The van der Waals surface area contributed by atoms with E-state index in [0.717, 1.165) is 5.01 Å². The fraction of sp³-hybridized carbons (Fsp3) is 0.786. The average Bonchev–Trinajstić information content (AvgIpc) is 2.21. The molecule has 0 heterocycles. The Balaban J connectivity index is 3.72. The standard InChI is InChI=1S/C14H20F6N2O/c1-8-6-9(21-22(4)5)10(11(2,3)7-8)12(23,13(15,16)17)14(18,19)20/h6,10,23H,7H2,1-5H3/b21-9-. The molecular formula is C14H20F6N2O. The van der Waals surface area contributed by atoms with E-state index in [1.54, 1.807) is 6.92 Å². The molecule has 1 N–H and O–H groups in total. The van der Waals surface area contributed by atoms with Gasteiger partial charge in [0.2, 0.25) is 0 Å². The van der Waals surface area contributed by atoms with E-state index in [4.69, 9.17) is 0 Å². The Morgan fingerprint density at radius 1 is 1.13 bits per heavy atom. The second-order valence-corrected chi connectivity index (χ2v) is 6.72. The third-order valence-corrected chi connectivity index (χ3v) is 3.80. The van der Waals surface area contributed by atoms with E-state index < -0.39 is 35.0 Å². The second-order valence-electron chi connectivity index (χ2n) is 6.72. The Morgan fingerprint density at radius 3 is 1.91 bits per heavy atom. The largest absolute Gasteiger partial charge is 0.426 e. The van der Waals surface area contributed by atoms with Crippen LogP contribution in [0.4, 0.5) is 26.3 Å². The van der Waals surface area contributed by atoms with Crippen LogP contribution >= 0.6 is 0 Å². The summed E-state index contributed by atoms with van der Waals surface area (Å²) in [5.74, 6) is -2.28. The summed E-state index contributed by atoms with van der Waals surface area (Å²) in [5.41, 5.74) is -6.22. The van der Waals surface area contributed by atoms with E-state index in [0.29, 0.717) is 5.57 Å². The Morgan fingerprint density at radius 2 is 1.57 bits per heavy atom. The molecule has 1 unspecified atom stereocenters. The van der Waals surface area contributed by atoms with Crippen molar-refractivity contribution in [1.82, 2.24) is 5.01 Å². The van der Waals surface area contributed by atoms with Crippen LogP contribution in [0.15, 0.2) is 16.8 Å². The molecule has 134 valence electrons. The zero-order chi connectivity index (χ0) is 18.4. The molecule has 0 spiro atoms. The molecule has 0 saturated heterocycles. The minimum atomic E-state index is -5.89. The van der Waals surface area contributed by atoms with E-state index in [2.05, 4.69) is 5.10 Å². The highest BCUT2D eigenvalue weighted by atomic mass is 19.4. The van der Waals surface area contributed by atoms with Crippen molar-refractivity contribution in [1.29, 1.82) is 0 Å². The number of hydrogen-bond acceptors (Lipinski definition) is 3. The molecular weight excluding hydrogens is 326 g/mol. The molecule has 0 amide bonds. The average molecular weight is 346 g/mol. The number of hydrazone groups is 1. The quantitative estimate of drug-likeness (QED) is 0.611. The van der Waals surface area contributed by atoms with Crippen LogP contribution in [-0.2, 0) is 0 Å². The Bertz CT molecular complexity index is 502. The molecule has 1 rings (SSSR count). The molecule has 3 nitrogen and oxygen atoms in total. The van der Waals surface area contributed by atoms with Gasteiger partial charge in [0.25, 0.3) is 5.60 Å². The zero-order valence-corrected chi connectivity index (χ0v) is 13.5.